The zero-order valence-corrected chi connectivity index (χ0v) is 28.2. The Labute approximate surface area is 295 Å². The number of aromatic nitrogens is 3. The van der Waals surface area contributed by atoms with Gasteiger partial charge in [-0.1, -0.05) is 36.4 Å². The van der Waals surface area contributed by atoms with Gasteiger partial charge in [0.2, 0.25) is 0 Å². The van der Waals surface area contributed by atoms with E-state index in [2.05, 4.69) is 14.5 Å². The molecule has 52 heavy (non-hydrogen) atoms. The Bertz CT molecular complexity index is 1950. The number of carboxylic acid groups (broad SMARTS) is 3. The van der Waals surface area contributed by atoms with Gasteiger partial charge in [0, 0.05) is 53.1 Å². The van der Waals surface area contributed by atoms with Gasteiger partial charge in [0.05, 0.1) is 18.1 Å². The number of pyridine rings is 1. The number of carboxylic acids is 3. The average Bonchev–Trinajstić information content (AvgIpc) is 3.79. The van der Waals surface area contributed by atoms with Crippen molar-refractivity contribution in [1.29, 1.82) is 0 Å². The summed E-state index contributed by atoms with van der Waals surface area (Å²) in [6.45, 7) is -0.639. The highest BCUT2D eigenvalue weighted by Crippen LogP contribution is 2.37. The number of nitrogens with zero attached hydrogens (tertiary/aromatic N) is 1. The Morgan fingerprint density at radius 1 is 0.846 bits per heavy atom. The largest absolute Gasteiger partial charge is 0.545 e. The van der Waals surface area contributed by atoms with Gasteiger partial charge in [-0.15, -0.1) is 0 Å². The molecule has 278 valence electrons. The van der Waals surface area contributed by atoms with Crippen molar-refractivity contribution in [2.45, 2.75) is 49.5 Å². The van der Waals surface area contributed by atoms with Crippen LogP contribution in [0.2, 0.25) is 0 Å². The van der Waals surface area contributed by atoms with Crippen LogP contribution in [0.4, 0.5) is 0 Å². The molecule has 1 fully saturated rings. The number of rotatable bonds is 11. The Hall–Kier alpha value is -5.01. The van der Waals surface area contributed by atoms with Crippen LogP contribution in [-0.2, 0) is 36.3 Å². The molecule has 4 heterocycles. The molecule has 1 saturated heterocycles. The van der Waals surface area contributed by atoms with Crippen molar-refractivity contribution >= 4 is 47.5 Å². The first-order chi connectivity index (χ1) is 24.6. The zero-order chi connectivity index (χ0) is 38.2. The lowest BCUT2D eigenvalue weighted by Gasteiger charge is -2.13. The van der Waals surface area contributed by atoms with Crippen LogP contribution in [0.25, 0.3) is 21.8 Å². The number of nitrogens with one attached hydrogen (secondary N) is 2. The number of hydrogen-bond donors (Lipinski definition) is 10. The number of hydrogen-bond acceptors (Lipinski definition) is 11. The molecule has 1 aliphatic rings. The Morgan fingerprint density at radius 2 is 1.35 bits per heavy atom. The lowest BCUT2D eigenvalue weighted by molar-refractivity contribution is -0.765. The number of aliphatic hydroxyl groups excluding tert-OH is 2. The highest BCUT2D eigenvalue weighted by atomic mass is 31.2. The summed E-state index contributed by atoms with van der Waals surface area (Å²) in [5, 5.41) is 50.1. The molecule has 0 amide bonds. The topological polar surface area (TPSA) is 319 Å². The van der Waals surface area contributed by atoms with E-state index in [4.69, 9.17) is 36.2 Å². The molecule has 0 aliphatic carbocycles. The number of carbonyl (C=O) groups excluding carboxylic acids is 1. The lowest BCUT2D eigenvalue weighted by atomic mass is 10.1. The van der Waals surface area contributed by atoms with Crippen LogP contribution in [-0.4, -0.2) is 95.1 Å². The summed E-state index contributed by atoms with van der Waals surface area (Å²) >= 11 is 0. The predicted octanol–water partition coefficient (Wildman–Crippen LogP) is -0.689. The maximum atomic E-state index is 10.8. The SMILES string of the molecule is NC(Cc1c[nH]c2ccccc12)C(=O)O.NC(Cc1c[nH]c2ccccc12)C(=O)O.O=C([O-])c1ccc[n+]([C@@H]2O[C@H](COP(=O)(O)O)[C@@H](O)[C@H]2O)c1. The number of H-pyrrole nitrogens is 2. The molecule has 12 N–H and O–H groups in total. The van der Waals surface area contributed by atoms with Crippen LogP contribution in [0.5, 0.6) is 0 Å². The monoisotopic (exact) mass is 743 g/mol. The maximum absolute atomic E-state index is 10.8. The minimum Gasteiger partial charge on any atom is -0.545 e. The number of aliphatic hydroxyl groups is 2. The summed E-state index contributed by atoms with van der Waals surface area (Å²) in [5.41, 5.74) is 14.7. The summed E-state index contributed by atoms with van der Waals surface area (Å²) in [7, 11) is -4.74. The van der Waals surface area contributed by atoms with E-state index < -0.39 is 69.0 Å². The predicted molar refractivity (Wildman–Crippen MR) is 180 cm³/mol. The molecule has 3 aromatic heterocycles. The van der Waals surface area contributed by atoms with Gasteiger partial charge in [0.15, 0.2) is 18.5 Å². The molecule has 2 aromatic carbocycles. The quantitative estimate of drug-likeness (QED) is 0.0591. The van der Waals surface area contributed by atoms with E-state index in [1.165, 1.54) is 22.9 Å². The molecule has 2 unspecified atom stereocenters. The van der Waals surface area contributed by atoms with Crippen molar-refractivity contribution in [3.8, 4) is 0 Å². The van der Waals surface area contributed by atoms with Crippen LogP contribution >= 0.6 is 7.82 Å². The number of carbonyl (C=O) groups is 3. The molecule has 5 aromatic rings. The third-order valence-corrected chi connectivity index (χ3v) is 8.45. The molecule has 6 atom stereocenters. The van der Waals surface area contributed by atoms with Crippen LogP contribution in [0.3, 0.4) is 0 Å². The molecule has 0 spiro atoms. The van der Waals surface area contributed by atoms with Gasteiger partial charge >= 0.3 is 19.8 Å². The summed E-state index contributed by atoms with van der Waals surface area (Å²) in [4.78, 5) is 55.5. The minimum absolute atomic E-state index is 0.164. The molecule has 18 nitrogen and oxygen atoms in total. The van der Waals surface area contributed by atoms with E-state index in [1.54, 1.807) is 0 Å². The van der Waals surface area contributed by atoms with Gasteiger partial charge in [-0.3, -0.25) is 14.1 Å². The van der Waals surface area contributed by atoms with Gasteiger partial charge in [0.1, 0.15) is 24.3 Å². The Balaban J connectivity index is 0.000000179. The van der Waals surface area contributed by atoms with Crippen LogP contribution in [0, 0.1) is 0 Å². The number of fused-ring (bicyclic) bond motifs is 2. The maximum Gasteiger partial charge on any atom is 0.469 e. The summed E-state index contributed by atoms with van der Waals surface area (Å²) in [5.74, 6) is -3.37. The van der Waals surface area contributed by atoms with Crippen LogP contribution in [0.1, 0.15) is 27.7 Å². The third-order valence-electron chi connectivity index (χ3n) is 7.96. The average molecular weight is 744 g/mol. The van der Waals surface area contributed by atoms with Crippen molar-refractivity contribution in [1.82, 2.24) is 9.97 Å². The van der Waals surface area contributed by atoms with Gasteiger partial charge in [0.25, 0.3) is 6.23 Å². The minimum atomic E-state index is -4.74. The number of nitrogens with two attached hydrogens (primary N) is 2. The smallest absolute Gasteiger partial charge is 0.469 e. The number of ether oxygens (including phenoxy) is 1. The Kier molecular flexibility index (Phi) is 13.4. The van der Waals surface area contributed by atoms with Crippen molar-refractivity contribution < 1.29 is 68.1 Å². The molecule has 0 bridgehead atoms. The van der Waals surface area contributed by atoms with Crippen LogP contribution < -0.4 is 21.1 Å². The van der Waals surface area contributed by atoms with Crippen molar-refractivity contribution in [2.24, 2.45) is 11.5 Å². The van der Waals surface area contributed by atoms with Gasteiger partial charge in [-0.25, -0.2) is 4.57 Å². The molecule has 6 rings (SSSR count). The molecule has 1 aliphatic heterocycles. The molecular weight excluding hydrogens is 705 g/mol. The summed E-state index contributed by atoms with van der Waals surface area (Å²) in [6, 6.07) is 16.5. The van der Waals surface area contributed by atoms with Gasteiger partial charge in [-0.05, 0) is 29.3 Å². The molecule has 19 heteroatoms. The van der Waals surface area contributed by atoms with Crippen LogP contribution in [0.15, 0.2) is 85.5 Å². The second kappa shape index (κ2) is 17.5. The zero-order valence-electron chi connectivity index (χ0n) is 27.3. The van der Waals surface area contributed by atoms with E-state index in [0.29, 0.717) is 12.8 Å². The normalized spacial score (nSPS) is 19.6. The lowest BCUT2D eigenvalue weighted by Crippen LogP contribution is -2.46. The van der Waals surface area contributed by atoms with E-state index in [9.17, 15) is 34.3 Å². The first-order valence-corrected chi connectivity index (χ1v) is 17.1. The van der Waals surface area contributed by atoms with E-state index in [1.807, 2.05) is 60.9 Å². The number of aliphatic carboxylic acids is 2. The van der Waals surface area contributed by atoms with Crippen molar-refractivity contribution in [3.63, 3.8) is 0 Å². The van der Waals surface area contributed by atoms with E-state index in [0.717, 1.165) is 39.1 Å². The highest BCUT2D eigenvalue weighted by Gasteiger charge is 2.48. The van der Waals surface area contributed by atoms with Crippen molar-refractivity contribution in [2.75, 3.05) is 6.61 Å². The highest BCUT2D eigenvalue weighted by molar-refractivity contribution is 7.46. The van der Waals surface area contributed by atoms with Crippen molar-refractivity contribution in [3.05, 3.63) is 102 Å². The second-order valence-corrected chi connectivity index (χ2v) is 12.9. The second-order valence-electron chi connectivity index (χ2n) is 11.7. The number of aromatic amines is 2. The van der Waals surface area contributed by atoms with Gasteiger partial charge < -0.3 is 66.3 Å². The molecular formula is C33H38N5O13P. The number of phosphoric acid groups is 1. The van der Waals surface area contributed by atoms with E-state index in [-0.39, 0.29) is 5.56 Å². The number of benzene rings is 2. The first-order valence-electron chi connectivity index (χ1n) is 15.6. The fourth-order valence-electron chi connectivity index (χ4n) is 5.30. The Morgan fingerprint density at radius 3 is 1.81 bits per heavy atom. The molecule has 0 saturated carbocycles. The molecule has 0 radical (unpaired) electrons. The summed E-state index contributed by atoms with van der Waals surface area (Å²) in [6.07, 6.45) is 1.63. The number of phosphoric ester groups is 1. The van der Waals surface area contributed by atoms with E-state index >= 15 is 0 Å². The number of para-hydroxylation sites is 2. The summed E-state index contributed by atoms with van der Waals surface area (Å²) < 4.78 is 21.4. The fraction of sp³-hybridized carbons (Fsp3) is 0.273. The van der Waals surface area contributed by atoms with Gasteiger partial charge in [-0.2, -0.15) is 4.57 Å². The fourth-order valence-corrected chi connectivity index (χ4v) is 5.65. The number of aromatic carboxylic acids is 1. The standard InChI is InChI=1S/2C11H12N2O2.C11H14NO9P/c2*12-9(11(14)15)5-7-6-13-10-4-2-1-3-8(7)10;13-8-7(5-20-22(17,18)19)21-10(9(8)14)12-3-1-2-6(4-12)11(15)16/h2*1-4,6,9,13H,5,12H2,(H,14,15);1-4,7-10,13-14H,5H2,(H2-,15,16,17,18,19)/t;;7-,8-,9-,10-/m..1/s1. The third kappa shape index (κ3) is 10.5. The first kappa shape index (κ1) is 39.8.